The Bertz CT molecular complexity index is 470. The number of benzene rings is 1. The van der Waals surface area contributed by atoms with E-state index in [9.17, 15) is 4.79 Å². The molecule has 1 heterocycles. The van der Waals surface area contributed by atoms with Gasteiger partial charge in [0.15, 0.2) is 0 Å². The summed E-state index contributed by atoms with van der Waals surface area (Å²) in [6.07, 6.45) is 0.392. The first-order valence-corrected chi connectivity index (χ1v) is 7.23. The van der Waals surface area contributed by atoms with E-state index in [0.29, 0.717) is 12.5 Å². The number of ether oxygens (including phenoxy) is 1. The number of carbonyl (C=O) groups excluding carboxylic acids is 1. The Morgan fingerprint density at radius 3 is 2.95 bits per heavy atom. The summed E-state index contributed by atoms with van der Waals surface area (Å²) in [7, 11) is 1.63. The quantitative estimate of drug-likeness (QED) is 0.895. The molecule has 1 saturated heterocycles. The third-order valence-electron chi connectivity index (χ3n) is 3.31. The van der Waals surface area contributed by atoms with Gasteiger partial charge in [-0.2, -0.15) is 0 Å². The number of methoxy groups -OCH3 is 1. The highest BCUT2D eigenvalue weighted by molar-refractivity contribution is 9.10. The molecule has 0 saturated carbocycles. The number of rotatable bonds is 3. The Morgan fingerprint density at radius 2 is 2.30 bits per heavy atom. The third-order valence-corrected chi connectivity index (χ3v) is 3.81. The van der Waals surface area contributed by atoms with Crippen molar-refractivity contribution in [3.8, 4) is 5.75 Å². The maximum absolute atomic E-state index is 12.3. The molecule has 1 aliphatic rings. The zero-order chi connectivity index (χ0) is 13.8. The first kappa shape index (κ1) is 17.3. The van der Waals surface area contributed by atoms with Crippen LogP contribution in [0.1, 0.15) is 12.5 Å². The predicted octanol–water partition coefficient (Wildman–Crippen LogP) is 2.24. The molecule has 20 heavy (non-hydrogen) atoms. The fraction of sp³-hybridized carbons (Fsp3) is 0.500. The van der Waals surface area contributed by atoms with Crippen molar-refractivity contribution in [2.75, 3.05) is 26.7 Å². The fourth-order valence-electron chi connectivity index (χ4n) is 2.30. The van der Waals surface area contributed by atoms with Crippen molar-refractivity contribution in [2.45, 2.75) is 19.4 Å². The lowest BCUT2D eigenvalue weighted by atomic mass is 10.1. The molecule has 0 unspecified atom stereocenters. The first-order chi connectivity index (χ1) is 9.10. The summed E-state index contributed by atoms with van der Waals surface area (Å²) in [5, 5.41) is 3.34. The summed E-state index contributed by atoms with van der Waals surface area (Å²) in [6.45, 7) is 4.52. The maximum atomic E-state index is 12.3. The number of amides is 1. The molecule has 4 nitrogen and oxygen atoms in total. The highest BCUT2D eigenvalue weighted by Crippen LogP contribution is 2.24. The van der Waals surface area contributed by atoms with Gasteiger partial charge in [0.1, 0.15) is 5.75 Å². The van der Waals surface area contributed by atoms with Crippen molar-refractivity contribution < 1.29 is 9.53 Å². The van der Waals surface area contributed by atoms with Gasteiger partial charge in [-0.15, -0.1) is 12.4 Å². The van der Waals surface area contributed by atoms with Crippen LogP contribution in [0.2, 0.25) is 0 Å². The Labute approximate surface area is 134 Å². The Balaban J connectivity index is 0.00000200. The molecule has 1 aliphatic heterocycles. The zero-order valence-electron chi connectivity index (χ0n) is 11.7. The summed E-state index contributed by atoms with van der Waals surface area (Å²) < 4.78 is 6.28. The Morgan fingerprint density at radius 1 is 1.55 bits per heavy atom. The van der Waals surface area contributed by atoms with E-state index in [1.807, 2.05) is 23.1 Å². The van der Waals surface area contributed by atoms with Crippen LogP contribution < -0.4 is 10.1 Å². The van der Waals surface area contributed by atoms with Crippen molar-refractivity contribution in [1.29, 1.82) is 0 Å². The number of nitrogens with one attached hydrogen (secondary N) is 1. The van der Waals surface area contributed by atoms with E-state index in [1.165, 1.54) is 0 Å². The predicted molar refractivity (Wildman–Crippen MR) is 85.7 cm³/mol. The van der Waals surface area contributed by atoms with Gasteiger partial charge in [-0.25, -0.2) is 0 Å². The molecule has 1 aromatic carbocycles. The van der Waals surface area contributed by atoms with Crippen LogP contribution in [0.25, 0.3) is 0 Å². The molecule has 1 aromatic rings. The lowest BCUT2D eigenvalue weighted by Crippen LogP contribution is -2.51. The van der Waals surface area contributed by atoms with Gasteiger partial charge in [0.25, 0.3) is 0 Å². The van der Waals surface area contributed by atoms with Gasteiger partial charge in [-0.3, -0.25) is 4.79 Å². The summed E-state index contributed by atoms with van der Waals surface area (Å²) in [5.41, 5.74) is 0.932. The van der Waals surface area contributed by atoms with Crippen LogP contribution in [0.15, 0.2) is 22.7 Å². The average Bonchev–Trinajstić information content (AvgIpc) is 2.40. The summed E-state index contributed by atoms with van der Waals surface area (Å²) in [6, 6.07) is 6.13. The molecule has 2 rings (SSSR count). The molecule has 1 N–H and O–H groups in total. The Hall–Kier alpha value is -0.780. The maximum Gasteiger partial charge on any atom is 0.227 e. The van der Waals surface area contributed by atoms with Crippen molar-refractivity contribution in [3.05, 3.63) is 28.2 Å². The summed E-state index contributed by atoms with van der Waals surface area (Å²) >= 11 is 3.40. The smallest absolute Gasteiger partial charge is 0.227 e. The van der Waals surface area contributed by atoms with Crippen LogP contribution >= 0.6 is 28.3 Å². The molecule has 6 heteroatoms. The minimum absolute atomic E-state index is 0. The van der Waals surface area contributed by atoms with Crippen molar-refractivity contribution >= 4 is 34.2 Å². The SMILES string of the molecule is COc1cc(Br)ccc1CC(=O)N1CCN[C@@H](C)C1.Cl. The second-order valence-corrected chi connectivity index (χ2v) is 5.74. The largest absolute Gasteiger partial charge is 0.496 e. The number of halogens is 2. The molecule has 112 valence electrons. The summed E-state index contributed by atoms with van der Waals surface area (Å²) in [4.78, 5) is 14.2. The molecule has 0 bridgehead atoms. The van der Waals surface area contributed by atoms with Crippen LogP contribution in [0.4, 0.5) is 0 Å². The minimum atomic E-state index is 0. The molecule has 1 amide bonds. The molecule has 0 aromatic heterocycles. The van der Waals surface area contributed by atoms with Crippen molar-refractivity contribution in [2.24, 2.45) is 0 Å². The van der Waals surface area contributed by atoms with E-state index >= 15 is 0 Å². The van der Waals surface area contributed by atoms with Gasteiger partial charge in [-0.1, -0.05) is 22.0 Å². The zero-order valence-corrected chi connectivity index (χ0v) is 14.1. The van der Waals surface area contributed by atoms with E-state index in [1.54, 1.807) is 7.11 Å². The third kappa shape index (κ3) is 4.36. The number of carbonyl (C=O) groups is 1. The molecule has 1 atom stereocenters. The van der Waals surface area contributed by atoms with Gasteiger partial charge in [-0.05, 0) is 19.1 Å². The highest BCUT2D eigenvalue weighted by atomic mass is 79.9. The number of hydrogen-bond acceptors (Lipinski definition) is 3. The molecular formula is C14H20BrClN2O2. The lowest BCUT2D eigenvalue weighted by molar-refractivity contribution is -0.131. The van der Waals surface area contributed by atoms with E-state index in [4.69, 9.17) is 4.74 Å². The molecular weight excluding hydrogens is 344 g/mol. The highest BCUT2D eigenvalue weighted by Gasteiger charge is 2.21. The van der Waals surface area contributed by atoms with Gasteiger partial charge in [0, 0.05) is 35.7 Å². The second kappa shape index (κ2) is 7.86. The molecule has 1 fully saturated rings. The molecule has 0 radical (unpaired) electrons. The Kier molecular flexibility index (Phi) is 6.79. The number of hydrogen-bond donors (Lipinski definition) is 1. The standard InChI is InChI=1S/C14H19BrN2O2.ClH/c1-10-9-17(6-5-16-10)14(18)7-11-3-4-12(15)8-13(11)19-2;/h3-4,8,10,16H,5-7,9H2,1-2H3;1H/t10-;/m0./s1. The monoisotopic (exact) mass is 362 g/mol. The van der Waals surface area contributed by atoms with Crippen LogP contribution in [0.3, 0.4) is 0 Å². The van der Waals surface area contributed by atoms with Crippen molar-refractivity contribution in [1.82, 2.24) is 10.2 Å². The molecule has 0 aliphatic carbocycles. The van der Waals surface area contributed by atoms with Gasteiger partial charge in [0.05, 0.1) is 13.5 Å². The van der Waals surface area contributed by atoms with E-state index in [-0.39, 0.29) is 18.3 Å². The van der Waals surface area contributed by atoms with Crippen LogP contribution in [0.5, 0.6) is 5.75 Å². The second-order valence-electron chi connectivity index (χ2n) is 4.83. The average molecular weight is 364 g/mol. The molecule has 0 spiro atoms. The van der Waals surface area contributed by atoms with Crippen molar-refractivity contribution in [3.63, 3.8) is 0 Å². The summed E-state index contributed by atoms with van der Waals surface area (Å²) in [5.74, 6) is 0.917. The lowest BCUT2D eigenvalue weighted by Gasteiger charge is -2.32. The first-order valence-electron chi connectivity index (χ1n) is 6.43. The van der Waals surface area contributed by atoms with Gasteiger partial charge in [0.2, 0.25) is 5.91 Å². The number of nitrogens with zero attached hydrogens (tertiary/aromatic N) is 1. The number of piperazine rings is 1. The van der Waals surface area contributed by atoms with E-state index in [2.05, 4.69) is 28.2 Å². The van der Waals surface area contributed by atoms with Crippen LogP contribution in [0, 0.1) is 0 Å². The minimum Gasteiger partial charge on any atom is -0.496 e. The van der Waals surface area contributed by atoms with Crippen LogP contribution in [-0.2, 0) is 11.2 Å². The van der Waals surface area contributed by atoms with Gasteiger partial charge < -0.3 is 15.0 Å². The topological polar surface area (TPSA) is 41.6 Å². The van der Waals surface area contributed by atoms with Gasteiger partial charge >= 0.3 is 0 Å². The van der Waals surface area contributed by atoms with Crippen LogP contribution in [-0.4, -0.2) is 43.6 Å². The fourth-order valence-corrected chi connectivity index (χ4v) is 2.64. The van der Waals surface area contributed by atoms with E-state index < -0.39 is 0 Å². The van der Waals surface area contributed by atoms with E-state index in [0.717, 1.165) is 35.4 Å². The normalized spacial score (nSPS) is 18.4.